The molecular formula is C18H22N4O. The van der Waals surface area contributed by atoms with Gasteiger partial charge in [0, 0.05) is 18.8 Å². The van der Waals surface area contributed by atoms with Gasteiger partial charge < -0.3 is 10.2 Å². The molecule has 0 radical (unpaired) electrons. The first kappa shape index (κ1) is 15.5. The normalized spacial score (nSPS) is 13.5. The first-order chi connectivity index (χ1) is 11.3. The third kappa shape index (κ3) is 3.50. The van der Waals surface area contributed by atoms with Gasteiger partial charge in [-0.1, -0.05) is 31.5 Å². The standard InChI is InChI=1S/C18H22N4O/c1-2-3-10-19-18(23)15-12-21-17(13-20-15)22-11-6-8-14-7-4-5-9-16(14)22/h4-5,7,9,12-13H,2-3,6,8,10-11H2,1H3,(H,19,23). The summed E-state index contributed by atoms with van der Waals surface area (Å²) < 4.78 is 0. The van der Waals surface area contributed by atoms with Gasteiger partial charge in [-0.15, -0.1) is 0 Å². The number of nitrogens with one attached hydrogen (secondary N) is 1. The molecule has 0 fully saturated rings. The predicted molar refractivity (Wildman–Crippen MR) is 91.0 cm³/mol. The third-order valence-corrected chi connectivity index (χ3v) is 4.07. The lowest BCUT2D eigenvalue weighted by Gasteiger charge is -2.30. The number of hydrogen-bond donors (Lipinski definition) is 1. The van der Waals surface area contributed by atoms with Crippen LogP contribution in [0.1, 0.15) is 42.2 Å². The van der Waals surface area contributed by atoms with Crippen molar-refractivity contribution in [3.8, 4) is 0 Å². The largest absolute Gasteiger partial charge is 0.351 e. The van der Waals surface area contributed by atoms with E-state index in [9.17, 15) is 4.79 Å². The minimum atomic E-state index is -0.156. The van der Waals surface area contributed by atoms with Crippen LogP contribution in [-0.4, -0.2) is 29.0 Å². The number of fused-ring (bicyclic) bond motifs is 1. The van der Waals surface area contributed by atoms with E-state index in [2.05, 4.69) is 45.3 Å². The summed E-state index contributed by atoms with van der Waals surface area (Å²) in [6, 6.07) is 8.38. The van der Waals surface area contributed by atoms with Crippen LogP contribution in [0, 0.1) is 0 Å². The second-order valence-electron chi connectivity index (χ2n) is 5.75. The monoisotopic (exact) mass is 310 g/mol. The van der Waals surface area contributed by atoms with Crippen molar-refractivity contribution in [1.29, 1.82) is 0 Å². The highest BCUT2D eigenvalue weighted by molar-refractivity contribution is 5.92. The Balaban J connectivity index is 1.74. The maximum atomic E-state index is 12.0. The van der Waals surface area contributed by atoms with Gasteiger partial charge in [-0.3, -0.25) is 4.79 Å². The van der Waals surface area contributed by atoms with Crippen molar-refractivity contribution in [2.45, 2.75) is 32.6 Å². The molecule has 1 aliphatic heterocycles. The first-order valence-corrected chi connectivity index (χ1v) is 8.25. The molecule has 0 atom stereocenters. The summed E-state index contributed by atoms with van der Waals surface area (Å²) in [5.41, 5.74) is 2.89. The van der Waals surface area contributed by atoms with Crippen LogP contribution in [0.15, 0.2) is 36.7 Å². The van der Waals surface area contributed by atoms with E-state index in [1.165, 1.54) is 11.3 Å². The molecule has 3 rings (SSSR count). The van der Waals surface area contributed by atoms with Crippen molar-refractivity contribution >= 4 is 17.4 Å². The van der Waals surface area contributed by atoms with Crippen LogP contribution in [0.4, 0.5) is 11.5 Å². The van der Waals surface area contributed by atoms with Crippen molar-refractivity contribution in [2.75, 3.05) is 18.0 Å². The summed E-state index contributed by atoms with van der Waals surface area (Å²) >= 11 is 0. The molecule has 1 aromatic heterocycles. The Kier molecular flexibility index (Phi) is 4.86. The lowest BCUT2D eigenvalue weighted by molar-refractivity contribution is 0.0948. The number of aromatic nitrogens is 2. The van der Waals surface area contributed by atoms with Gasteiger partial charge in [-0.25, -0.2) is 9.97 Å². The minimum absolute atomic E-state index is 0.156. The maximum absolute atomic E-state index is 12.0. The Morgan fingerprint density at radius 2 is 2.13 bits per heavy atom. The minimum Gasteiger partial charge on any atom is -0.351 e. The molecule has 0 bridgehead atoms. The van der Waals surface area contributed by atoms with E-state index in [4.69, 9.17) is 0 Å². The maximum Gasteiger partial charge on any atom is 0.271 e. The fourth-order valence-corrected chi connectivity index (χ4v) is 2.82. The molecule has 0 saturated heterocycles. The number of amides is 1. The third-order valence-electron chi connectivity index (χ3n) is 4.07. The van der Waals surface area contributed by atoms with Crippen LogP contribution in [0.5, 0.6) is 0 Å². The number of hydrogen-bond acceptors (Lipinski definition) is 4. The number of para-hydroxylation sites is 1. The van der Waals surface area contributed by atoms with Crippen molar-refractivity contribution < 1.29 is 4.79 Å². The molecule has 2 aromatic rings. The second-order valence-corrected chi connectivity index (χ2v) is 5.75. The van der Waals surface area contributed by atoms with Gasteiger partial charge in [-0.05, 0) is 30.9 Å². The van der Waals surface area contributed by atoms with Crippen LogP contribution in [0.25, 0.3) is 0 Å². The van der Waals surface area contributed by atoms with Crippen molar-refractivity contribution in [1.82, 2.24) is 15.3 Å². The Labute approximate surface area is 136 Å². The molecule has 23 heavy (non-hydrogen) atoms. The van der Waals surface area contributed by atoms with Crippen molar-refractivity contribution in [3.63, 3.8) is 0 Å². The van der Waals surface area contributed by atoms with Gasteiger partial charge >= 0.3 is 0 Å². The summed E-state index contributed by atoms with van der Waals surface area (Å²) in [5.74, 6) is 0.638. The van der Waals surface area contributed by atoms with Gasteiger partial charge in [0.15, 0.2) is 5.82 Å². The van der Waals surface area contributed by atoms with Crippen LogP contribution in [-0.2, 0) is 6.42 Å². The Hall–Kier alpha value is -2.43. The number of benzene rings is 1. The lowest BCUT2D eigenvalue weighted by atomic mass is 10.0. The van der Waals surface area contributed by atoms with Crippen LogP contribution < -0.4 is 10.2 Å². The fourth-order valence-electron chi connectivity index (χ4n) is 2.82. The van der Waals surface area contributed by atoms with Gasteiger partial charge in [0.2, 0.25) is 0 Å². The highest BCUT2D eigenvalue weighted by Gasteiger charge is 2.19. The highest BCUT2D eigenvalue weighted by Crippen LogP contribution is 2.31. The zero-order valence-corrected chi connectivity index (χ0v) is 13.5. The molecule has 1 aromatic carbocycles. The summed E-state index contributed by atoms with van der Waals surface area (Å²) in [4.78, 5) is 22.9. The molecule has 2 heterocycles. The number of carbonyl (C=O) groups is 1. The number of carbonyl (C=O) groups excluding carboxylic acids is 1. The van der Waals surface area contributed by atoms with Crippen LogP contribution in [0.3, 0.4) is 0 Å². The number of unbranched alkanes of at least 4 members (excludes halogenated alkanes) is 1. The molecule has 0 unspecified atom stereocenters. The molecule has 5 nitrogen and oxygen atoms in total. The molecular weight excluding hydrogens is 288 g/mol. The first-order valence-electron chi connectivity index (χ1n) is 8.25. The van der Waals surface area contributed by atoms with Gasteiger partial charge in [-0.2, -0.15) is 0 Å². The van der Waals surface area contributed by atoms with E-state index < -0.39 is 0 Å². The molecule has 5 heteroatoms. The van der Waals surface area contributed by atoms with Gasteiger partial charge in [0.25, 0.3) is 5.91 Å². The van der Waals surface area contributed by atoms with Crippen molar-refractivity contribution in [3.05, 3.63) is 47.9 Å². The summed E-state index contributed by atoms with van der Waals surface area (Å²) in [6.45, 7) is 3.70. The predicted octanol–water partition coefficient (Wildman–Crippen LogP) is 3.09. The highest BCUT2D eigenvalue weighted by atomic mass is 16.1. The lowest BCUT2D eigenvalue weighted by Crippen LogP contribution is -2.27. The molecule has 1 amide bonds. The average molecular weight is 310 g/mol. The molecule has 1 aliphatic rings. The summed E-state index contributed by atoms with van der Waals surface area (Å²) in [7, 11) is 0. The smallest absolute Gasteiger partial charge is 0.271 e. The van der Waals surface area contributed by atoms with Gasteiger partial charge in [0.1, 0.15) is 5.69 Å². The zero-order chi connectivity index (χ0) is 16.1. The Bertz CT molecular complexity index is 669. The average Bonchev–Trinajstić information content (AvgIpc) is 2.61. The second kappa shape index (κ2) is 7.22. The number of nitrogens with zero attached hydrogens (tertiary/aromatic N) is 3. The van der Waals surface area contributed by atoms with E-state index in [0.717, 1.165) is 38.0 Å². The topological polar surface area (TPSA) is 58.1 Å². The quantitative estimate of drug-likeness (QED) is 0.862. The van der Waals surface area contributed by atoms with Crippen LogP contribution >= 0.6 is 0 Å². The molecule has 1 N–H and O–H groups in total. The zero-order valence-electron chi connectivity index (χ0n) is 13.5. The van der Waals surface area contributed by atoms with E-state index in [1.807, 2.05) is 6.07 Å². The molecule has 0 spiro atoms. The number of anilines is 2. The molecule has 120 valence electrons. The van der Waals surface area contributed by atoms with Crippen LogP contribution in [0.2, 0.25) is 0 Å². The van der Waals surface area contributed by atoms with E-state index in [-0.39, 0.29) is 5.91 Å². The number of rotatable bonds is 5. The van der Waals surface area contributed by atoms with Crippen molar-refractivity contribution in [2.24, 2.45) is 0 Å². The van der Waals surface area contributed by atoms with E-state index in [0.29, 0.717) is 12.2 Å². The summed E-state index contributed by atoms with van der Waals surface area (Å²) in [6.07, 6.45) is 7.47. The SMILES string of the molecule is CCCCNC(=O)c1cnc(N2CCCc3ccccc32)cn1. The van der Waals surface area contributed by atoms with E-state index >= 15 is 0 Å². The van der Waals surface area contributed by atoms with Gasteiger partial charge in [0.05, 0.1) is 12.4 Å². The van der Waals surface area contributed by atoms with E-state index in [1.54, 1.807) is 12.4 Å². The Morgan fingerprint density at radius 1 is 1.26 bits per heavy atom. The fraction of sp³-hybridized carbons (Fsp3) is 0.389. The Morgan fingerprint density at radius 3 is 2.91 bits per heavy atom. The summed E-state index contributed by atoms with van der Waals surface area (Å²) in [5, 5.41) is 2.86. The number of aryl methyl sites for hydroxylation is 1. The molecule has 0 aliphatic carbocycles. The molecule has 0 saturated carbocycles.